The van der Waals surface area contributed by atoms with Crippen LogP contribution in [-0.2, 0) is 14.1 Å². The highest BCUT2D eigenvalue weighted by molar-refractivity contribution is 6.05. The summed E-state index contributed by atoms with van der Waals surface area (Å²) in [6.45, 7) is 0.257. The Bertz CT molecular complexity index is 1250. The Morgan fingerprint density at radius 2 is 1.76 bits per heavy atom. The lowest BCUT2D eigenvalue weighted by molar-refractivity contribution is 0.0945. The highest BCUT2D eigenvalue weighted by atomic mass is 16.5. The number of carbonyl (C=O) groups excluding carboxylic acids is 2. The number of hydrogen-bond donors (Lipinski definition) is 5. The van der Waals surface area contributed by atoms with Crippen molar-refractivity contribution in [2.75, 3.05) is 19.0 Å². The molecule has 0 atom stereocenters. The molecule has 2 heterocycles. The third-order valence-corrected chi connectivity index (χ3v) is 5.01. The number of amidine groups is 2. The van der Waals surface area contributed by atoms with Crippen molar-refractivity contribution >= 4 is 34.9 Å². The summed E-state index contributed by atoms with van der Waals surface area (Å²) in [5.74, 6) is 0.265. The lowest BCUT2D eigenvalue weighted by Crippen LogP contribution is -2.28. The SMILES string of the molecule is COc1cccc(C(N)=Nc2cc(C(=O)Nc3cc(C(=O)NCCC(=N)N)n(C)c3)n(C)c2)c1. The average molecular weight is 465 g/mol. The molecule has 2 aromatic heterocycles. The van der Waals surface area contributed by atoms with Crippen LogP contribution in [0.2, 0.25) is 0 Å². The van der Waals surface area contributed by atoms with Crippen molar-refractivity contribution in [1.29, 1.82) is 5.41 Å². The van der Waals surface area contributed by atoms with Gasteiger partial charge in [-0.15, -0.1) is 0 Å². The monoisotopic (exact) mass is 464 g/mol. The second-order valence-corrected chi connectivity index (χ2v) is 7.63. The van der Waals surface area contributed by atoms with Crippen molar-refractivity contribution in [3.05, 3.63) is 65.7 Å². The lowest BCUT2D eigenvalue weighted by Gasteiger charge is -2.04. The molecular weight excluding hydrogens is 436 g/mol. The topological polar surface area (TPSA) is 166 Å². The number of nitrogens with one attached hydrogen (secondary N) is 3. The van der Waals surface area contributed by atoms with Gasteiger partial charge in [-0.25, -0.2) is 4.99 Å². The van der Waals surface area contributed by atoms with Crippen molar-refractivity contribution in [3.63, 3.8) is 0 Å². The molecule has 0 spiro atoms. The Labute approximate surface area is 196 Å². The number of anilines is 1. The van der Waals surface area contributed by atoms with E-state index in [1.54, 1.807) is 60.9 Å². The Kier molecular flexibility index (Phi) is 7.36. The third-order valence-electron chi connectivity index (χ3n) is 5.01. The van der Waals surface area contributed by atoms with Crippen LogP contribution in [0.1, 0.15) is 33.0 Å². The number of rotatable bonds is 9. The quantitative estimate of drug-likeness (QED) is 0.240. The van der Waals surface area contributed by atoms with Crippen molar-refractivity contribution in [2.45, 2.75) is 6.42 Å². The lowest BCUT2D eigenvalue weighted by atomic mass is 10.2. The van der Waals surface area contributed by atoms with Crippen LogP contribution in [0, 0.1) is 5.41 Å². The van der Waals surface area contributed by atoms with Gasteiger partial charge in [0, 0.05) is 45.0 Å². The van der Waals surface area contributed by atoms with Crippen molar-refractivity contribution in [1.82, 2.24) is 14.5 Å². The second-order valence-electron chi connectivity index (χ2n) is 7.63. The molecule has 0 saturated heterocycles. The number of methoxy groups -OCH3 is 1. The molecule has 11 heteroatoms. The van der Waals surface area contributed by atoms with E-state index in [2.05, 4.69) is 15.6 Å². The van der Waals surface area contributed by atoms with Crippen molar-refractivity contribution < 1.29 is 14.3 Å². The molecule has 0 aliphatic carbocycles. The van der Waals surface area contributed by atoms with E-state index in [0.717, 1.165) is 0 Å². The highest BCUT2D eigenvalue weighted by Gasteiger charge is 2.16. The maximum absolute atomic E-state index is 12.8. The zero-order valence-corrected chi connectivity index (χ0v) is 19.3. The normalized spacial score (nSPS) is 11.2. The van der Waals surface area contributed by atoms with Gasteiger partial charge in [-0.3, -0.25) is 15.0 Å². The first-order valence-electron chi connectivity index (χ1n) is 10.4. The van der Waals surface area contributed by atoms with Crippen LogP contribution in [-0.4, -0.2) is 46.3 Å². The van der Waals surface area contributed by atoms with Gasteiger partial charge in [0.2, 0.25) is 0 Å². The van der Waals surface area contributed by atoms with Crippen LogP contribution in [0.15, 0.2) is 53.8 Å². The van der Waals surface area contributed by atoms with E-state index < -0.39 is 0 Å². The molecule has 0 radical (unpaired) electrons. The number of nitrogens with zero attached hydrogens (tertiary/aromatic N) is 3. The van der Waals surface area contributed by atoms with Gasteiger partial charge in [-0.2, -0.15) is 0 Å². The van der Waals surface area contributed by atoms with Crippen LogP contribution >= 0.6 is 0 Å². The molecule has 34 heavy (non-hydrogen) atoms. The third kappa shape index (κ3) is 5.82. The van der Waals surface area contributed by atoms with Gasteiger partial charge in [0.15, 0.2) is 0 Å². The first kappa shape index (κ1) is 24.1. The van der Waals surface area contributed by atoms with Crippen LogP contribution in [0.25, 0.3) is 0 Å². The summed E-state index contributed by atoms with van der Waals surface area (Å²) in [5, 5.41) is 12.7. The average Bonchev–Trinajstić information content (AvgIpc) is 3.34. The highest BCUT2D eigenvalue weighted by Crippen LogP contribution is 2.20. The first-order valence-corrected chi connectivity index (χ1v) is 10.4. The number of amides is 2. The number of nitrogens with two attached hydrogens (primary N) is 2. The molecule has 0 aliphatic rings. The van der Waals surface area contributed by atoms with Gasteiger partial charge < -0.3 is 36.0 Å². The van der Waals surface area contributed by atoms with Gasteiger partial charge in [-0.1, -0.05) is 12.1 Å². The zero-order valence-electron chi connectivity index (χ0n) is 19.3. The summed E-state index contributed by atoms with van der Waals surface area (Å²) in [7, 11) is 5.01. The summed E-state index contributed by atoms with van der Waals surface area (Å²) >= 11 is 0. The molecule has 0 aliphatic heterocycles. The summed E-state index contributed by atoms with van der Waals surface area (Å²) in [4.78, 5) is 29.6. The standard InChI is InChI=1S/C23H28N8O3/c1-30-13-16(11-18(30)22(32)27-8-7-20(24)25)29-23(33)19-10-15(12-31(19)2)28-21(26)14-5-4-6-17(9-14)34-3/h4-6,9-13H,7-8H2,1-3H3,(H3,24,25)(H2,26,28)(H,27,32)(H,29,33). The molecule has 7 N–H and O–H groups in total. The Hall–Kier alpha value is -4.54. The summed E-state index contributed by atoms with van der Waals surface area (Å²) in [6.07, 6.45) is 3.60. The van der Waals surface area contributed by atoms with E-state index in [4.69, 9.17) is 21.6 Å². The molecule has 178 valence electrons. The number of aryl methyl sites for hydroxylation is 2. The largest absolute Gasteiger partial charge is 0.497 e. The fraction of sp³-hybridized carbons (Fsp3) is 0.217. The number of benzene rings is 1. The van der Waals surface area contributed by atoms with Crippen molar-refractivity contribution in [2.24, 2.45) is 30.6 Å². The predicted molar refractivity (Wildman–Crippen MR) is 131 cm³/mol. The van der Waals surface area contributed by atoms with Gasteiger partial charge in [0.25, 0.3) is 11.8 Å². The molecule has 3 aromatic rings. The Morgan fingerprint density at radius 3 is 2.47 bits per heavy atom. The summed E-state index contributed by atoms with van der Waals surface area (Å²) < 4.78 is 8.46. The molecule has 0 fully saturated rings. The number of aromatic nitrogens is 2. The van der Waals surface area contributed by atoms with Crippen molar-refractivity contribution in [3.8, 4) is 5.75 Å². The van der Waals surface area contributed by atoms with E-state index in [-0.39, 0.29) is 30.6 Å². The van der Waals surface area contributed by atoms with Crippen LogP contribution in [0.4, 0.5) is 11.4 Å². The van der Waals surface area contributed by atoms with Gasteiger partial charge in [-0.05, 0) is 24.3 Å². The Morgan fingerprint density at radius 1 is 1.06 bits per heavy atom. The fourth-order valence-electron chi connectivity index (χ4n) is 3.28. The number of carbonyl (C=O) groups is 2. The molecule has 0 saturated carbocycles. The molecule has 2 amide bonds. The maximum atomic E-state index is 12.8. The fourth-order valence-corrected chi connectivity index (χ4v) is 3.28. The van der Waals surface area contributed by atoms with Gasteiger partial charge >= 0.3 is 0 Å². The second kappa shape index (κ2) is 10.4. The molecule has 11 nitrogen and oxygen atoms in total. The number of aliphatic imine (C=N–C) groups is 1. The minimum absolute atomic E-state index is 0.00310. The molecule has 1 aromatic carbocycles. The van der Waals surface area contributed by atoms with Crippen LogP contribution in [0.5, 0.6) is 5.75 Å². The minimum atomic E-state index is -0.363. The van der Waals surface area contributed by atoms with Crippen LogP contribution in [0.3, 0.4) is 0 Å². The number of ether oxygens (including phenoxy) is 1. The molecule has 0 bridgehead atoms. The van der Waals surface area contributed by atoms with E-state index in [0.29, 0.717) is 39.9 Å². The molecule has 0 unspecified atom stereocenters. The van der Waals surface area contributed by atoms with Crippen LogP contribution < -0.4 is 26.8 Å². The number of hydrogen-bond acceptors (Lipinski definition) is 5. The van der Waals surface area contributed by atoms with E-state index >= 15 is 0 Å². The maximum Gasteiger partial charge on any atom is 0.272 e. The minimum Gasteiger partial charge on any atom is -0.497 e. The summed E-state index contributed by atoms with van der Waals surface area (Å²) in [5.41, 5.74) is 13.9. The Balaban J connectivity index is 1.71. The van der Waals surface area contributed by atoms with Gasteiger partial charge in [0.05, 0.1) is 24.3 Å². The van der Waals surface area contributed by atoms with Gasteiger partial charge in [0.1, 0.15) is 23.0 Å². The predicted octanol–water partition coefficient (Wildman–Crippen LogP) is 1.72. The summed E-state index contributed by atoms with van der Waals surface area (Å²) in [6, 6.07) is 10.4. The molecular formula is C23H28N8O3. The van der Waals surface area contributed by atoms with E-state index in [9.17, 15) is 9.59 Å². The van der Waals surface area contributed by atoms with E-state index in [1.807, 2.05) is 18.2 Å². The van der Waals surface area contributed by atoms with E-state index in [1.165, 1.54) is 0 Å². The smallest absolute Gasteiger partial charge is 0.272 e. The zero-order chi connectivity index (χ0) is 24.8. The molecule has 3 rings (SSSR count). The first-order chi connectivity index (χ1) is 16.2.